The first-order chi connectivity index (χ1) is 10.0. The molecule has 1 aromatic rings. The SMILES string of the molecule is C=CCN(CCOC)C(=O)Nc1c(C)cccc1C(=O)O. The number of urea groups is 1. The molecule has 0 saturated carbocycles. The summed E-state index contributed by atoms with van der Waals surface area (Å²) >= 11 is 0. The number of anilines is 1. The summed E-state index contributed by atoms with van der Waals surface area (Å²) < 4.78 is 4.95. The van der Waals surface area contributed by atoms with Gasteiger partial charge in [0.05, 0.1) is 17.9 Å². The van der Waals surface area contributed by atoms with Crippen LogP contribution in [0.25, 0.3) is 0 Å². The molecule has 2 N–H and O–H groups in total. The molecule has 0 radical (unpaired) electrons. The van der Waals surface area contributed by atoms with Crippen molar-refractivity contribution in [2.45, 2.75) is 6.92 Å². The highest BCUT2D eigenvalue weighted by molar-refractivity contribution is 6.01. The molecule has 114 valence electrons. The van der Waals surface area contributed by atoms with Gasteiger partial charge in [0.15, 0.2) is 0 Å². The number of ether oxygens (including phenoxy) is 1. The second-order valence-corrected chi connectivity index (χ2v) is 4.46. The van der Waals surface area contributed by atoms with E-state index in [1.54, 1.807) is 32.2 Å². The van der Waals surface area contributed by atoms with Crippen LogP contribution in [0, 0.1) is 6.92 Å². The van der Waals surface area contributed by atoms with Crippen molar-refractivity contribution in [1.29, 1.82) is 0 Å². The van der Waals surface area contributed by atoms with E-state index in [0.29, 0.717) is 30.9 Å². The molecule has 0 spiro atoms. The van der Waals surface area contributed by atoms with Gasteiger partial charge in [-0.3, -0.25) is 0 Å². The Kier molecular flexibility index (Phi) is 6.42. The number of rotatable bonds is 7. The van der Waals surface area contributed by atoms with E-state index in [1.807, 2.05) is 0 Å². The summed E-state index contributed by atoms with van der Waals surface area (Å²) in [6.07, 6.45) is 1.60. The van der Waals surface area contributed by atoms with Crippen molar-refractivity contribution in [3.63, 3.8) is 0 Å². The molecule has 2 amide bonds. The van der Waals surface area contributed by atoms with Gasteiger partial charge in [0.1, 0.15) is 0 Å². The minimum absolute atomic E-state index is 0.0636. The molecule has 0 aliphatic carbocycles. The highest BCUT2D eigenvalue weighted by Crippen LogP contribution is 2.21. The Morgan fingerprint density at radius 3 is 2.76 bits per heavy atom. The van der Waals surface area contributed by atoms with Crippen LogP contribution in [0.5, 0.6) is 0 Å². The predicted octanol–water partition coefficient (Wildman–Crippen LogP) is 2.36. The van der Waals surface area contributed by atoms with Crippen molar-refractivity contribution in [2.24, 2.45) is 0 Å². The number of methoxy groups -OCH3 is 1. The maximum Gasteiger partial charge on any atom is 0.337 e. The van der Waals surface area contributed by atoms with Gasteiger partial charge in [-0.05, 0) is 18.6 Å². The largest absolute Gasteiger partial charge is 0.478 e. The Bertz CT molecular complexity index is 528. The van der Waals surface area contributed by atoms with Gasteiger partial charge >= 0.3 is 12.0 Å². The fraction of sp³-hybridized carbons (Fsp3) is 0.333. The Morgan fingerprint density at radius 1 is 1.48 bits per heavy atom. The highest BCUT2D eigenvalue weighted by Gasteiger charge is 2.17. The molecule has 6 nitrogen and oxygen atoms in total. The van der Waals surface area contributed by atoms with E-state index < -0.39 is 5.97 Å². The van der Waals surface area contributed by atoms with Crippen molar-refractivity contribution in [3.05, 3.63) is 42.0 Å². The van der Waals surface area contributed by atoms with Crippen molar-refractivity contribution < 1.29 is 19.4 Å². The van der Waals surface area contributed by atoms with Crippen LogP contribution in [0.2, 0.25) is 0 Å². The molecule has 0 aliphatic rings. The number of aromatic carboxylic acids is 1. The van der Waals surface area contributed by atoms with Crippen molar-refractivity contribution in [1.82, 2.24) is 4.90 Å². The quantitative estimate of drug-likeness (QED) is 0.756. The molecule has 1 aromatic carbocycles. The Morgan fingerprint density at radius 2 is 2.19 bits per heavy atom. The lowest BCUT2D eigenvalue weighted by atomic mass is 10.1. The van der Waals surface area contributed by atoms with Crippen LogP contribution in [0.3, 0.4) is 0 Å². The molecule has 0 bridgehead atoms. The maximum absolute atomic E-state index is 12.3. The van der Waals surface area contributed by atoms with Crippen molar-refractivity contribution in [2.75, 3.05) is 32.1 Å². The third-order valence-electron chi connectivity index (χ3n) is 2.94. The van der Waals surface area contributed by atoms with Gasteiger partial charge in [-0.1, -0.05) is 18.2 Å². The van der Waals surface area contributed by atoms with Crippen LogP contribution in [-0.2, 0) is 4.74 Å². The van der Waals surface area contributed by atoms with Crippen LogP contribution in [-0.4, -0.2) is 48.8 Å². The molecule has 0 aliphatic heterocycles. The fourth-order valence-corrected chi connectivity index (χ4v) is 1.83. The summed E-state index contributed by atoms with van der Waals surface area (Å²) in [5.41, 5.74) is 1.06. The summed E-state index contributed by atoms with van der Waals surface area (Å²) in [4.78, 5) is 25.0. The number of benzene rings is 1. The molecule has 0 heterocycles. The molecule has 6 heteroatoms. The van der Waals surface area contributed by atoms with Crippen LogP contribution in [0.15, 0.2) is 30.9 Å². The van der Waals surface area contributed by atoms with E-state index in [9.17, 15) is 14.7 Å². The lowest BCUT2D eigenvalue weighted by molar-refractivity contribution is 0.0698. The van der Waals surface area contributed by atoms with Crippen LogP contribution >= 0.6 is 0 Å². The van der Waals surface area contributed by atoms with E-state index in [4.69, 9.17) is 4.74 Å². The van der Waals surface area contributed by atoms with E-state index in [1.165, 1.54) is 11.0 Å². The number of carboxylic acids is 1. The number of para-hydroxylation sites is 1. The third-order valence-corrected chi connectivity index (χ3v) is 2.94. The standard InChI is InChI=1S/C15H20N2O4/c1-4-8-17(9-10-21-3)15(20)16-13-11(2)6-5-7-12(13)14(18)19/h4-7H,1,8-10H2,2-3H3,(H,16,20)(H,18,19). The number of nitrogens with zero attached hydrogens (tertiary/aromatic N) is 1. The maximum atomic E-state index is 12.3. The highest BCUT2D eigenvalue weighted by atomic mass is 16.5. The third kappa shape index (κ3) is 4.61. The normalized spacial score (nSPS) is 10.0. The Balaban J connectivity index is 2.95. The van der Waals surface area contributed by atoms with Gasteiger partial charge in [0.2, 0.25) is 0 Å². The van der Waals surface area contributed by atoms with Crippen LogP contribution < -0.4 is 5.32 Å². The number of carbonyl (C=O) groups excluding carboxylic acids is 1. The molecule has 0 fully saturated rings. The molecular weight excluding hydrogens is 272 g/mol. The van der Waals surface area contributed by atoms with Gasteiger partial charge in [0, 0.05) is 20.2 Å². The van der Waals surface area contributed by atoms with E-state index in [-0.39, 0.29) is 11.6 Å². The van der Waals surface area contributed by atoms with E-state index in [0.717, 1.165) is 0 Å². The summed E-state index contributed by atoms with van der Waals surface area (Å²) in [6.45, 7) is 6.48. The number of amides is 2. The smallest absolute Gasteiger partial charge is 0.337 e. The first kappa shape index (κ1) is 16.7. The Labute approximate surface area is 124 Å². The number of carboxylic acid groups (broad SMARTS) is 1. The average molecular weight is 292 g/mol. The molecule has 21 heavy (non-hydrogen) atoms. The molecular formula is C15H20N2O4. The zero-order chi connectivity index (χ0) is 15.8. The first-order valence-electron chi connectivity index (χ1n) is 6.50. The van der Waals surface area contributed by atoms with Crippen molar-refractivity contribution >= 4 is 17.7 Å². The van der Waals surface area contributed by atoms with Crippen molar-refractivity contribution in [3.8, 4) is 0 Å². The lowest BCUT2D eigenvalue weighted by Crippen LogP contribution is -2.37. The van der Waals surface area contributed by atoms with Crippen LogP contribution in [0.1, 0.15) is 15.9 Å². The van der Waals surface area contributed by atoms with Gasteiger partial charge in [0.25, 0.3) is 0 Å². The molecule has 1 rings (SSSR count). The number of carbonyl (C=O) groups is 2. The summed E-state index contributed by atoms with van der Waals surface area (Å²) in [6, 6.07) is 4.46. The summed E-state index contributed by atoms with van der Waals surface area (Å²) in [5, 5.41) is 11.8. The minimum atomic E-state index is -1.08. The van der Waals surface area contributed by atoms with Crippen LogP contribution in [0.4, 0.5) is 10.5 Å². The second kappa shape index (κ2) is 8.06. The summed E-state index contributed by atoms with van der Waals surface area (Å²) in [7, 11) is 1.55. The second-order valence-electron chi connectivity index (χ2n) is 4.46. The number of nitrogens with one attached hydrogen (secondary N) is 1. The lowest BCUT2D eigenvalue weighted by Gasteiger charge is -2.22. The zero-order valence-corrected chi connectivity index (χ0v) is 12.3. The van der Waals surface area contributed by atoms with E-state index >= 15 is 0 Å². The topological polar surface area (TPSA) is 78.9 Å². The monoisotopic (exact) mass is 292 g/mol. The molecule has 0 aromatic heterocycles. The van der Waals surface area contributed by atoms with E-state index in [2.05, 4.69) is 11.9 Å². The van der Waals surface area contributed by atoms with Gasteiger partial charge in [-0.25, -0.2) is 9.59 Å². The minimum Gasteiger partial charge on any atom is -0.478 e. The number of aryl methyl sites for hydroxylation is 1. The number of hydrogen-bond acceptors (Lipinski definition) is 3. The average Bonchev–Trinajstić information content (AvgIpc) is 2.45. The molecule has 0 atom stereocenters. The Hall–Kier alpha value is -2.34. The predicted molar refractivity (Wildman–Crippen MR) is 80.8 cm³/mol. The summed E-state index contributed by atoms with van der Waals surface area (Å²) in [5.74, 6) is -1.08. The first-order valence-corrected chi connectivity index (χ1v) is 6.50. The fourth-order valence-electron chi connectivity index (χ4n) is 1.83. The zero-order valence-electron chi connectivity index (χ0n) is 12.3. The van der Waals surface area contributed by atoms with Gasteiger partial charge in [-0.2, -0.15) is 0 Å². The molecule has 0 unspecified atom stereocenters. The van der Waals surface area contributed by atoms with Gasteiger partial charge in [-0.15, -0.1) is 6.58 Å². The van der Waals surface area contributed by atoms with Gasteiger partial charge < -0.3 is 20.1 Å². The molecule has 0 saturated heterocycles. The number of hydrogen-bond donors (Lipinski definition) is 2.